The Morgan fingerprint density at radius 1 is 0.940 bits per heavy atom. The number of carbonyl (C=O) groups excluding carboxylic acids is 1. The number of methoxy groups -OCH3 is 2. The maximum absolute atomic E-state index is 13.7. The van der Waals surface area contributed by atoms with E-state index in [1.54, 1.807) is 48.7 Å². The number of anilines is 4. The van der Waals surface area contributed by atoms with Crippen LogP contribution < -0.4 is 30.1 Å². The van der Waals surface area contributed by atoms with Crippen molar-refractivity contribution in [2.24, 2.45) is 0 Å². The van der Waals surface area contributed by atoms with Crippen LogP contribution in [0.2, 0.25) is 0 Å². The van der Waals surface area contributed by atoms with Crippen molar-refractivity contribution in [3.05, 3.63) is 89.6 Å². The average Bonchev–Trinajstić information content (AvgIpc) is 3.03. The fraction of sp³-hybridized carbons (Fsp3) is 0.250. The van der Waals surface area contributed by atoms with Gasteiger partial charge in [-0.15, -0.1) is 0 Å². The number of carbonyl (C=O) groups is 1. The minimum atomic E-state index is -3.63. The first-order valence-electron chi connectivity index (χ1n) is 15.5. The number of rotatable bonds is 10. The number of ether oxygens (including phenoxy) is 2. The molecule has 262 valence electrons. The van der Waals surface area contributed by atoms with Gasteiger partial charge in [0, 0.05) is 35.6 Å². The van der Waals surface area contributed by atoms with Crippen LogP contribution in [0.4, 0.5) is 23.0 Å². The van der Waals surface area contributed by atoms with Crippen molar-refractivity contribution in [2.45, 2.75) is 33.1 Å². The lowest BCUT2D eigenvalue weighted by Crippen LogP contribution is -2.18. The first kappa shape index (κ1) is 36.3. The van der Waals surface area contributed by atoms with Crippen molar-refractivity contribution in [1.29, 1.82) is 0 Å². The fourth-order valence-corrected chi connectivity index (χ4v) is 6.87. The molecule has 14 heteroatoms. The van der Waals surface area contributed by atoms with Gasteiger partial charge < -0.3 is 25.0 Å². The Morgan fingerprint density at radius 2 is 1.66 bits per heavy atom. The van der Waals surface area contributed by atoms with E-state index in [1.165, 1.54) is 20.9 Å². The SMILES string of the molecule is COc1cc(Nc2ncc3cc(-c4cc(C(=O)Nc5cc(C(C)(C)C)cc(NS(C)(=O)=O)c5OC)ccc4C)ccc3n2)ccc1P(C)(=O)O. The molecule has 0 saturated carbocycles. The Labute approximate surface area is 291 Å². The van der Waals surface area contributed by atoms with Gasteiger partial charge in [-0.25, -0.2) is 18.4 Å². The first-order valence-corrected chi connectivity index (χ1v) is 19.5. The second-order valence-electron chi connectivity index (χ2n) is 13.1. The molecule has 0 aliphatic carbocycles. The van der Waals surface area contributed by atoms with Crippen LogP contribution in [0.25, 0.3) is 22.0 Å². The van der Waals surface area contributed by atoms with Gasteiger partial charge in [0.1, 0.15) is 5.75 Å². The summed E-state index contributed by atoms with van der Waals surface area (Å²) in [5.41, 5.74) is 5.31. The summed E-state index contributed by atoms with van der Waals surface area (Å²) in [5, 5.41) is 7.04. The number of benzene rings is 4. The molecule has 1 heterocycles. The van der Waals surface area contributed by atoms with E-state index in [0.717, 1.165) is 33.9 Å². The van der Waals surface area contributed by atoms with Gasteiger partial charge >= 0.3 is 0 Å². The highest BCUT2D eigenvalue weighted by molar-refractivity contribution is 7.92. The number of nitrogens with zero attached hydrogens (tertiary/aromatic N) is 2. The maximum Gasteiger partial charge on any atom is 0.255 e. The van der Waals surface area contributed by atoms with Crippen LogP contribution in [0.1, 0.15) is 42.3 Å². The molecular formula is C36H40N5O7PS. The van der Waals surface area contributed by atoms with E-state index in [9.17, 15) is 22.7 Å². The monoisotopic (exact) mass is 717 g/mol. The van der Waals surface area contributed by atoms with Crippen molar-refractivity contribution in [3.8, 4) is 22.6 Å². The zero-order chi connectivity index (χ0) is 36.6. The molecule has 1 unspecified atom stereocenters. The lowest BCUT2D eigenvalue weighted by molar-refractivity contribution is 0.102. The van der Waals surface area contributed by atoms with Gasteiger partial charge in [0.2, 0.25) is 23.3 Å². The Balaban J connectivity index is 1.43. The molecule has 1 atom stereocenters. The number of fused-ring (bicyclic) bond motifs is 1. The highest BCUT2D eigenvalue weighted by Gasteiger charge is 2.23. The second kappa shape index (κ2) is 13.7. The standard InChI is InChI=1S/C36H40N5O7PS/c1-21-9-10-23(34(42)39-29-17-25(36(2,3)4)18-30(33(29)48-6)41-50(8,45)46)16-27(21)22-11-13-28-24(15-22)20-37-35(40-28)38-26-12-14-32(49(7,43)44)31(19-26)47-5/h9-20,41H,1-8H3,(H,39,42)(H,43,44)(H,37,38,40). The molecule has 12 nitrogen and oxygen atoms in total. The van der Waals surface area contributed by atoms with Crippen LogP contribution in [-0.2, 0) is 20.0 Å². The summed E-state index contributed by atoms with van der Waals surface area (Å²) in [6, 6.07) is 19.4. The van der Waals surface area contributed by atoms with Gasteiger partial charge in [-0.2, -0.15) is 0 Å². The van der Waals surface area contributed by atoms with Crippen LogP contribution in [0.15, 0.2) is 72.9 Å². The number of aryl methyl sites for hydroxylation is 1. The average molecular weight is 718 g/mol. The minimum absolute atomic E-state index is 0.195. The third-order valence-electron chi connectivity index (χ3n) is 7.98. The normalized spacial score (nSPS) is 13.0. The molecule has 0 radical (unpaired) electrons. The van der Waals surface area contributed by atoms with Gasteiger partial charge in [-0.05, 0) is 83.1 Å². The predicted molar refractivity (Wildman–Crippen MR) is 199 cm³/mol. The molecule has 1 aromatic heterocycles. The summed E-state index contributed by atoms with van der Waals surface area (Å²) < 4.78 is 49.9. The lowest BCUT2D eigenvalue weighted by atomic mass is 9.86. The molecule has 0 aliphatic heterocycles. The van der Waals surface area contributed by atoms with Crippen LogP contribution >= 0.6 is 7.37 Å². The summed E-state index contributed by atoms with van der Waals surface area (Å²) in [5.74, 6) is 0.414. The fourth-order valence-electron chi connectivity index (χ4n) is 5.41. The third-order valence-corrected chi connectivity index (χ3v) is 9.83. The van der Waals surface area contributed by atoms with Crippen molar-refractivity contribution in [2.75, 3.05) is 42.5 Å². The Kier molecular flexibility index (Phi) is 9.98. The van der Waals surface area contributed by atoms with E-state index < -0.39 is 23.3 Å². The summed E-state index contributed by atoms with van der Waals surface area (Å²) >= 11 is 0. The molecule has 5 rings (SSSR count). The quantitative estimate of drug-likeness (QED) is 0.113. The number of nitrogens with one attached hydrogen (secondary N) is 3. The molecule has 50 heavy (non-hydrogen) atoms. The third kappa shape index (κ3) is 8.24. The molecule has 0 bridgehead atoms. The van der Waals surface area contributed by atoms with E-state index in [2.05, 4.69) is 25.3 Å². The topological polar surface area (TPSA) is 169 Å². The Bertz CT molecular complexity index is 2280. The van der Waals surface area contributed by atoms with Gasteiger partial charge in [-0.1, -0.05) is 32.9 Å². The zero-order valence-corrected chi connectivity index (χ0v) is 30.8. The summed E-state index contributed by atoms with van der Waals surface area (Å²) in [6.45, 7) is 9.18. The minimum Gasteiger partial charge on any atom is -0.496 e. The Morgan fingerprint density at radius 3 is 2.30 bits per heavy atom. The van der Waals surface area contributed by atoms with Crippen molar-refractivity contribution >= 4 is 62.5 Å². The van der Waals surface area contributed by atoms with E-state index in [1.807, 2.05) is 52.0 Å². The lowest BCUT2D eigenvalue weighted by Gasteiger charge is -2.24. The Hall–Kier alpha value is -4.97. The van der Waals surface area contributed by atoms with Gasteiger partial charge in [0.15, 0.2) is 5.75 Å². The van der Waals surface area contributed by atoms with Crippen molar-refractivity contribution in [3.63, 3.8) is 0 Å². The molecule has 5 aromatic rings. The number of aromatic nitrogens is 2. The van der Waals surface area contributed by atoms with Crippen molar-refractivity contribution in [1.82, 2.24) is 9.97 Å². The maximum atomic E-state index is 13.7. The van der Waals surface area contributed by atoms with E-state index in [-0.39, 0.29) is 27.9 Å². The van der Waals surface area contributed by atoms with Crippen LogP contribution in [0.5, 0.6) is 11.5 Å². The highest BCUT2D eigenvalue weighted by atomic mass is 32.2. The van der Waals surface area contributed by atoms with Crippen LogP contribution in [0.3, 0.4) is 0 Å². The number of sulfonamides is 1. The molecule has 0 fully saturated rings. The second-order valence-corrected chi connectivity index (χ2v) is 17.1. The highest BCUT2D eigenvalue weighted by Crippen LogP contribution is 2.40. The van der Waals surface area contributed by atoms with Gasteiger partial charge in [0.05, 0.1) is 42.7 Å². The number of amides is 1. The summed E-state index contributed by atoms with van der Waals surface area (Å²) in [4.78, 5) is 32.8. The number of hydrogen-bond acceptors (Lipinski definition) is 9. The van der Waals surface area contributed by atoms with E-state index >= 15 is 0 Å². The largest absolute Gasteiger partial charge is 0.496 e. The van der Waals surface area contributed by atoms with Crippen molar-refractivity contribution < 1.29 is 32.1 Å². The predicted octanol–water partition coefficient (Wildman–Crippen LogP) is 6.81. The van der Waals surface area contributed by atoms with Crippen LogP contribution in [0, 0.1) is 6.92 Å². The molecular weight excluding hydrogens is 677 g/mol. The zero-order valence-electron chi connectivity index (χ0n) is 29.1. The smallest absolute Gasteiger partial charge is 0.255 e. The summed E-state index contributed by atoms with van der Waals surface area (Å²) in [6.07, 6.45) is 2.75. The molecule has 0 saturated heterocycles. The van der Waals surface area contributed by atoms with Gasteiger partial charge in [0.25, 0.3) is 5.91 Å². The van der Waals surface area contributed by atoms with Gasteiger partial charge in [-0.3, -0.25) is 14.1 Å². The summed E-state index contributed by atoms with van der Waals surface area (Å²) in [7, 11) is -4.29. The first-order chi connectivity index (χ1) is 23.4. The van der Waals surface area contributed by atoms with E-state index in [4.69, 9.17) is 9.47 Å². The van der Waals surface area contributed by atoms with Crippen LogP contribution in [-0.4, -0.2) is 56.3 Å². The molecule has 1 amide bonds. The molecule has 4 N–H and O–H groups in total. The molecule has 0 spiro atoms. The molecule has 0 aliphatic rings. The molecule has 4 aromatic carbocycles. The number of hydrogen-bond donors (Lipinski definition) is 4. The van der Waals surface area contributed by atoms with E-state index in [0.29, 0.717) is 28.4 Å².